The lowest BCUT2D eigenvalue weighted by Crippen LogP contribution is -2.38. The number of hydrogen-bond donors (Lipinski definition) is 3. The van der Waals surface area contributed by atoms with E-state index in [-0.39, 0.29) is 17.8 Å². The molecular formula is C26H37N7O4. The smallest absolute Gasteiger partial charge is 0.407 e. The molecule has 4 rings (SSSR count). The lowest BCUT2D eigenvalue weighted by atomic mass is 10.1. The minimum absolute atomic E-state index is 0.122. The fourth-order valence-corrected chi connectivity index (χ4v) is 4.29. The number of carbonyl (C=O) groups is 2. The number of piperidine rings is 1. The molecular weight excluding hydrogens is 474 g/mol. The standard InChI is InChI=1S/C24H31N7O4.C2H6/c1-24(2,3)35-23(33)30-21-14-11-31(12-15(14)21)20-10-27-18(9-28-20)22(32)29-17-6-13(8-26-4)16(25)7-19(17)34-5;1-2/h6-10,14-15,21H,11-12,25H2,1-5H3,(H,29,32)(H,30,33);1-2H3. The number of benzene rings is 1. The molecule has 1 aliphatic heterocycles. The normalized spacial score (nSPS) is 20.0. The second-order valence-electron chi connectivity index (χ2n) is 9.69. The zero-order valence-electron chi connectivity index (χ0n) is 22.5. The Morgan fingerprint density at radius 2 is 1.84 bits per heavy atom. The highest BCUT2D eigenvalue weighted by atomic mass is 16.6. The summed E-state index contributed by atoms with van der Waals surface area (Å²) in [5.74, 6) is 1.41. The summed E-state index contributed by atoms with van der Waals surface area (Å²) in [5.41, 5.74) is 7.26. The van der Waals surface area contributed by atoms with Crippen LogP contribution in [0, 0.1) is 11.8 Å². The first kappa shape index (κ1) is 27.7. The molecule has 1 aromatic carbocycles. The second-order valence-corrected chi connectivity index (χ2v) is 9.69. The average molecular weight is 512 g/mol. The van der Waals surface area contributed by atoms with E-state index in [4.69, 9.17) is 15.2 Å². The van der Waals surface area contributed by atoms with E-state index in [1.54, 1.807) is 31.6 Å². The van der Waals surface area contributed by atoms with Gasteiger partial charge in [0, 0.05) is 61.5 Å². The summed E-state index contributed by atoms with van der Waals surface area (Å²) in [6.07, 6.45) is 4.26. The Labute approximate surface area is 217 Å². The number of amides is 2. The maximum atomic E-state index is 12.8. The fourth-order valence-electron chi connectivity index (χ4n) is 4.29. The van der Waals surface area contributed by atoms with Crippen molar-refractivity contribution in [3.63, 3.8) is 0 Å². The lowest BCUT2D eigenvalue weighted by Gasteiger charge is -2.23. The monoisotopic (exact) mass is 511 g/mol. The molecule has 2 atom stereocenters. The van der Waals surface area contributed by atoms with E-state index in [1.165, 1.54) is 13.3 Å². The number of nitrogens with two attached hydrogens (primary N) is 1. The van der Waals surface area contributed by atoms with Gasteiger partial charge in [0.1, 0.15) is 22.9 Å². The van der Waals surface area contributed by atoms with Gasteiger partial charge >= 0.3 is 6.09 Å². The zero-order chi connectivity index (χ0) is 27.3. The van der Waals surface area contributed by atoms with Gasteiger partial charge in [-0.1, -0.05) is 13.8 Å². The summed E-state index contributed by atoms with van der Waals surface area (Å²) in [7, 11) is 3.14. The van der Waals surface area contributed by atoms with E-state index < -0.39 is 11.5 Å². The Balaban J connectivity index is 0.00000186. The number of carbonyl (C=O) groups excluding carboxylic acids is 2. The van der Waals surface area contributed by atoms with Crippen molar-refractivity contribution in [2.45, 2.75) is 46.3 Å². The number of methoxy groups -OCH3 is 1. The molecule has 0 bridgehead atoms. The number of nitrogens with one attached hydrogen (secondary N) is 2. The molecule has 4 N–H and O–H groups in total. The molecule has 0 radical (unpaired) electrons. The molecule has 200 valence electrons. The largest absolute Gasteiger partial charge is 0.494 e. The maximum absolute atomic E-state index is 12.8. The van der Waals surface area contributed by atoms with Crippen molar-refractivity contribution in [3.8, 4) is 5.75 Å². The van der Waals surface area contributed by atoms with E-state index in [0.717, 1.165) is 13.1 Å². The molecule has 2 unspecified atom stereocenters. The lowest BCUT2D eigenvalue weighted by molar-refractivity contribution is 0.0518. The molecule has 1 aliphatic carbocycles. The Morgan fingerprint density at radius 1 is 1.16 bits per heavy atom. The first-order valence-electron chi connectivity index (χ1n) is 12.4. The van der Waals surface area contributed by atoms with Crippen LogP contribution >= 0.6 is 0 Å². The van der Waals surface area contributed by atoms with Gasteiger partial charge in [0.25, 0.3) is 5.91 Å². The Morgan fingerprint density at radius 3 is 2.38 bits per heavy atom. The van der Waals surface area contributed by atoms with Gasteiger partial charge in [-0.05, 0) is 26.8 Å². The van der Waals surface area contributed by atoms with Crippen molar-refractivity contribution in [1.29, 1.82) is 0 Å². The topological polar surface area (TPSA) is 144 Å². The molecule has 1 saturated heterocycles. The number of nitrogens with zero attached hydrogens (tertiary/aromatic N) is 4. The number of nitrogen functional groups attached to an aromatic ring is 1. The van der Waals surface area contributed by atoms with Crippen LogP contribution in [0.5, 0.6) is 5.75 Å². The fraction of sp³-hybridized carbons (Fsp3) is 0.500. The molecule has 11 heteroatoms. The maximum Gasteiger partial charge on any atom is 0.407 e. The van der Waals surface area contributed by atoms with Crippen molar-refractivity contribution >= 4 is 35.4 Å². The van der Waals surface area contributed by atoms with Gasteiger partial charge in [-0.25, -0.2) is 14.8 Å². The SMILES string of the molecule is CC.CN=Cc1cc(NC(=O)c2cnc(N3CC4C(C3)C4NC(=O)OC(C)(C)C)cn2)c(OC)cc1N. The van der Waals surface area contributed by atoms with Crippen LogP contribution in [0.2, 0.25) is 0 Å². The summed E-state index contributed by atoms with van der Waals surface area (Å²) in [6.45, 7) is 11.0. The van der Waals surface area contributed by atoms with E-state index >= 15 is 0 Å². The molecule has 37 heavy (non-hydrogen) atoms. The highest BCUT2D eigenvalue weighted by molar-refractivity contribution is 6.04. The second kappa shape index (κ2) is 11.4. The Kier molecular flexibility index (Phi) is 8.57. The van der Waals surface area contributed by atoms with Crippen molar-refractivity contribution < 1.29 is 19.1 Å². The highest BCUT2D eigenvalue weighted by Crippen LogP contribution is 2.46. The molecule has 1 aromatic heterocycles. The summed E-state index contributed by atoms with van der Waals surface area (Å²) in [4.78, 5) is 39.6. The predicted octanol–water partition coefficient (Wildman–Crippen LogP) is 3.35. The van der Waals surface area contributed by atoms with Crippen LogP contribution in [0.3, 0.4) is 0 Å². The van der Waals surface area contributed by atoms with Gasteiger partial charge in [-0.2, -0.15) is 0 Å². The van der Waals surface area contributed by atoms with E-state index in [1.807, 2.05) is 34.6 Å². The predicted molar refractivity (Wildman–Crippen MR) is 145 cm³/mol. The summed E-state index contributed by atoms with van der Waals surface area (Å²) >= 11 is 0. The Hall–Kier alpha value is -3.89. The molecule has 2 aliphatic rings. The highest BCUT2D eigenvalue weighted by Gasteiger charge is 2.57. The van der Waals surface area contributed by atoms with E-state index in [9.17, 15) is 9.59 Å². The first-order chi connectivity index (χ1) is 17.6. The van der Waals surface area contributed by atoms with Crippen molar-refractivity contribution in [3.05, 3.63) is 35.8 Å². The van der Waals surface area contributed by atoms with Crippen LogP contribution in [0.15, 0.2) is 29.5 Å². The van der Waals surface area contributed by atoms with Gasteiger partial charge in [0.05, 0.1) is 25.2 Å². The molecule has 11 nitrogen and oxygen atoms in total. The number of rotatable bonds is 6. The first-order valence-corrected chi connectivity index (χ1v) is 12.4. The third-order valence-electron chi connectivity index (χ3n) is 5.99. The number of aromatic nitrogens is 2. The minimum atomic E-state index is -0.519. The van der Waals surface area contributed by atoms with Gasteiger partial charge in [-0.3, -0.25) is 9.79 Å². The average Bonchev–Trinajstić information content (AvgIpc) is 3.27. The van der Waals surface area contributed by atoms with Crippen molar-refractivity contribution in [2.24, 2.45) is 16.8 Å². The summed E-state index contributed by atoms with van der Waals surface area (Å²) < 4.78 is 10.7. The molecule has 2 fully saturated rings. The number of anilines is 3. The third-order valence-corrected chi connectivity index (χ3v) is 5.99. The molecule has 2 aromatic rings. The summed E-state index contributed by atoms with van der Waals surface area (Å²) in [6, 6.07) is 3.45. The van der Waals surface area contributed by atoms with Crippen LogP contribution in [0.4, 0.5) is 22.0 Å². The number of fused-ring (bicyclic) bond motifs is 1. The number of hydrogen-bond acceptors (Lipinski definition) is 9. The van der Waals surface area contributed by atoms with Crippen molar-refractivity contribution in [2.75, 3.05) is 43.2 Å². The number of ether oxygens (including phenoxy) is 2. The summed E-state index contributed by atoms with van der Waals surface area (Å²) in [5, 5.41) is 5.75. The van der Waals surface area contributed by atoms with E-state index in [2.05, 4.69) is 30.5 Å². The van der Waals surface area contributed by atoms with Gasteiger partial charge in [0.2, 0.25) is 0 Å². The van der Waals surface area contributed by atoms with Crippen LogP contribution in [-0.4, -0.2) is 67.1 Å². The van der Waals surface area contributed by atoms with Crippen LogP contribution in [0.1, 0.15) is 50.7 Å². The van der Waals surface area contributed by atoms with E-state index in [0.29, 0.717) is 40.3 Å². The minimum Gasteiger partial charge on any atom is -0.494 e. The van der Waals surface area contributed by atoms with Gasteiger partial charge < -0.3 is 30.7 Å². The van der Waals surface area contributed by atoms with Crippen LogP contribution in [0.25, 0.3) is 0 Å². The number of aliphatic imine (C=N–C) groups is 1. The Bertz CT molecular complexity index is 1130. The molecule has 0 spiro atoms. The number of alkyl carbamates (subject to hydrolysis) is 1. The van der Waals surface area contributed by atoms with Crippen LogP contribution in [-0.2, 0) is 4.74 Å². The van der Waals surface area contributed by atoms with Gasteiger partial charge in [0.15, 0.2) is 0 Å². The third kappa shape index (κ3) is 6.66. The van der Waals surface area contributed by atoms with Crippen molar-refractivity contribution in [1.82, 2.24) is 15.3 Å². The molecule has 1 saturated carbocycles. The quantitative estimate of drug-likeness (QED) is 0.396. The molecule has 2 amide bonds. The molecule has 2 heterocycles. The van der Waals surface area contributed by atoms with Gasteiger partial charge in [-0.15, -0.1) is 0 Å². The van der Waals surface area contributed by atoms with Crippen LogP contribution < -0.4 is 26.0 Å². The zero-order valence-corrected chi connectivity index (χ0v) is 22.5.